The lowest BCUT2D eigenvalue weighted by molar-refractivity contribution is -0.136. The largest absolute Gasteiger partial charge is 0.410 e. The highest BCUT2D eigenvalue weighted by Gasteiger charge is 2.01. The first-order valence-corrected chi connectivity index (χ1v) is 3.90. The molecule has 0 saturated heterocycles. The van der Waals surface area contributed by atoms with Gasteiger partial charge in [-0.1, -0.05) is 5.16 Å². The van der Waals surface area contributed by atoms with Crippen molar-refractivity contribution in [3.8, 4) is 12.3 Å². The van der Waals surface area contributed by atoms with Gasteiger partial charge in [0, 0.05) is 11.5 Å². The number of carbonyl (C=O) groups excluding carboxylic acids is 1. The predicted molar refractivity (Wildman–Crippen MR) is 52.0 cm³/mol. The monoisotopic (exact) mass is 206 g/mol. The van der Waals surface area contributed by atoms with Gasteiger partial charge < -0.3 is 10.6 Å². The number of terminal acetylenes is 1. The van der Waals surface area contributed by atoms with Gasteiger partial charge in [0.05, 0.1) is 0 Å². The van der Waals surface area contributed by atoms with Crippen molar-refractivity contribution in [2.75, 3.05) is 0 Å². The summed E-state index contributed by atoms with van der Waals surface area (Å²) in [6.07, 6.45) is 4.73. The third-order valence-corrected chi connectivity index (χ3v) is 1.48. The van der Waals surface area contributed by atoms with Gasteiger partial charge in [-0.2, -0.15) is 0 Å². The molecule has 0 radical (unpaired) electrons. The molecule has 0 fully saturated rings. The van der Waals surface area contributed by atoms with E-state index in [4.69, 9.17) is 12.2 Å². The second kappa shape index (κ2) is 4.77. The Bertz CT molecular complexity index is 432. The molecule has 76 valence electrons. The average molecular weight is 206 g/mol. The molecule has 4 nitrogen and oxygen atoms in total. The van der Waals surface area contributed by atoms with Crippen LogP contribution in [0.2, 0.25) is 0 Å². The maximum atomic E-state index is 12.5. The second-order valence-electron chi connectivity index (χ2n) is 2.51. The summed E-state index contributed by atoms with van der Waals surface area (Å²) < 4.78 is 12.5. The fourth-order valence-electron chi connectivity index (χ4n) is 0.790. The fraction of sp³-hybridized carbons (Fsp3) is 0. The van der Waals surface area contributed by atoms with E-state index in [1.165, 1.54) is 24.3 Å². The van der Waals surface area contributed by atoms with E-state index in [-0.39, 0.29) is 5.84 Å². The van der Waals surface area contributed by atoms with Crippen LogP contribution < -0.4 is 5.73 Å². The number of rotatable bonds is 2. The van der Waals surface area contributed by atoms with Crippen molar-refractivity contribution in [2.24, 2.45) is 10.9 Å². The molecule has 0 heterocycles. The average Bonchev–Trinajstić information content (AvgIpc) is 2.26. The van der Waals surface area contributed by atoms with E-state index in [1.807, 2.05) is 0 Å². The van der Waals surface area contributed by atoms with Crippen LogP contribution in [0.25, 0.3) is 0 Å². The lowest BCUT2D eigenvalue weighted by Gasteiger charge is -1.98. The van der Waals surface area contributed by atoms with Crippen LogP contribution in [-0.4, -0.2) is 11.8 Å². The van der Waals surface area contributed by atoms with Crippen molar-refractivity contribution in [1.29, 1.82) is 0 Å². The molecule has 0 aliphatic heterocycles. The standard InChI is InChI=1S/C10H7FN2O2/c1-2-9(14)15-13-10(12)7-3-5-8(11)6-4-7/h1,3-6H,(H2,12,13). The minimum absolute atomic E-state index is 0.0569. The normalized spacial score (nSPS) is 10.5. The zero-order valence-corrected chi connectivity index (χ0v) is 7.61. The molecule has 1 aromatic rings. The first-order chi connectivity index (χ1) is 7.13. The van der Waals surface area contributed by atoms with Gasteiger partial charge in [0.15, 0.2) is 5.84 Å². The number of oxime groups is 1. The molecule has 0 unspecified atom stereocenters. The lowest BCUT2D eigenvalue weighted by atomic mass is 10.2. The van der Waals surface area contributed by atoms with E-state index in [2.05, 4.69) is 9.99 Å². The van der Waals surface area contributed by atoms with E-state index in [0.717, 1.165) is 0 Å². The second-order valence-corrected chi connectivity index (χ2v) is 2.51. The highest BCUT2D eigenvalue weighted by molar-refractivity contribution is 5.97. The maximum Gasteiger partial charge on any atom is 0.410 e. The Morgan fingerprint density at radius 1 is 1.47 bits per heavy atom. The zero-order valence-electron chi connectivity index (χ0n) is 7.61. The van der Waals surface area contributed by atoms with Crippen molar-refractivity contribution in [3.05, 3.63) is 35.6 Å². The van der Waals surface area contributed by atoms with Gasteiger partial charge in [-0.25, -0.2) is 9.18 Å². The molecule has 0 aliphatic rings. The quantitative estimate of drug-likeness (QED) is 0.253. The highest BCUT2D eigenvalue weighted by Crippen LogP contribution is 2.02. The number of hydrogen-bond donors (Lipinski definition) is 1. The minimum atomic E-state index is -0.944. The summed E-state index contributed by atoms with van der Waals surface area (Å²) in [6, 6.07) is 5.22. The molecule has 0 spiro atoms. The molecule has 2 N–H and O–H groups in total. The van der Waals surface area contributed by atoms with Gasteiger partial charge >= 0.3 is 5.97 Å². The van der Waals surface area contributed by atoms with E-state index in [9.17, 15) is 9.18 Å². The molecule has 0 amide bonds. The molecule has 15 heavy (non-hydrogen) atoms. The van der Waals surface area contributed by atoms with Crippen LogP contribution in [0.3, 0.4) is 0 Å². The molecule has 0 aliphatic carbocycles. The summed E-state index contributed by atoms with van der Waals surface area (Å²) in [4.78, 5) is 14.8. The van der Waals surface area contributed by atoms with Crippen molar-refractivity contribution in [3.63, 3.8) is 0 Å². The highest BCUT2D eigenvalue weighted by atomic mass is 19.1. The van der Waals surface area contributed by atoms with Gasteiger partial charge in [-0.3, -0.25) is 0 Å². The molecule has 0 bridgehead atoms. The first kappa shape index (κ1) is 10.7. The van der Waals surface area contributed by atoms with Crippen LogP contribution in [-0.2, 0) is 9.63 Å². The molecular formula is C10H7FN2O2. The topological polar surface area (TPSA) is 64.7 Å². The number of amidine groups is 1. The van der Waals surface area contributed by atoms with Gasteiger partial charge in [0.1, 0.15) is 5.82 Å². The van der Waals surface area contributed by atoms with Gasteiger partial charge in [0.25, 0.3) is 0 Å². The summed E-state index contributed by atoms with van der Waals surface area (Å²) in [6.45, 7) is 0. The Balaban J connectivity index is 2.77. The first-order valence-electron chi connectivity index (χ1n) is 3.90. The number of hydrogen-bond acceptors (Lipinski definition) is 3. The number of nitrogens with zero attached hydrogens (tertiary/aromatic N) is 1. The van der Waals surface area contributed by atoms with Crippen molar-refractivity contribution >= 4 is 11.8 Å². The van der Waals surface area contributed by atoms with Gasteiger partial charge in [-0.05, 0) is 24.3 Å². The Morgan fingerprint density at radius 2 is 2.07 bits per heavy atom. The Kier molecular flexibility index (Phi) is 3.41. The van der Waals surface area contributed by atoms with Crippen LogP contribution in [0.4, 0.5) is 4.39 Å². The van der Waals surface area contributed by atoms with Gasteiger partial charge in [-0.15, -0.1) is 6.42 Å². The zero-order chi connectivity index (χ0) is 11.3. The SMILES string of the molecule is C#CC(=O)O/N=C(\N)c1ccc(F)cc1. The molecular weight excluding hydrogens is 199 g/mol. The molecule has 0 atom stereocenters. The third-order valence-electron chi connectivity index (χ3n) is 1.48. The van der Waals surface area contributed by atoms with Crippen LogP contribution >= 0.6 is 0 Å². The van der Waals surface area contributed by atoms with Crippen molar-refractivity contribution in [2.45, 2.75) is 0 Å². The molecule has 1 rings (SSSR count). The summed E-state index contributed by atoms with van der Waals surface area (Å²) >= 11 is 0. The molecule has 0 aromatic heterocycles. The Hall–Kier alpha value is -2.35. The van der Waals surface area contributed by atoms with Crippen LogP contribution in [0.15, 0.2) is 29.4 Å². The Morgan fingerprint density at radius 3 is 2.60 bits per heavy atom. The fourth-order valence-corrected chi connectivity index (χ4v) is 0.790. The smallest absolute Gasteiger partial charge is 0.380 e. The maximum absolute atomic E-state index is 12.5. The number of carbonyl (C=O) groups is 1. The van der Waals surface area contributed by atoms with Crippen molar-refractivity contribution in [1.82, 2.24) is 0 Å². The number of benzene rings is 1. The molecule has 1 aromatic carbocycles. The van der Waals surface area contributed by atoms with E-state index in [0.29, 0.717) is 5.56 Å². The Labute approximate surface area is 85.5 Å². The van der Waals surface area contributed by atoms with E-state index >= 15 is 0 Å². The summed E-state index contributed by atoms with van der Waals surface area (Å²) in [7, 11) is 0. The number of halogens is 1. The van der Waals surface area contributed by atoms with Crippen LogP contribution in [0.1, 0.15) is 5.56 Å². The molecule has 0 saturated carbocycles. The summed E-state index contributed by atoms with van der Waals surface area (Å²) in [5.74, 6) is 0.300. The summed E-state index contributed by atoms with van der Waals surface area (Å²) in [5.41, 5.74) is 5.86. The van der Waals surface area contributed by atoms with Crippen LogP contribution in [0, 0.1) is 18.2 Å². The third kappa shape index (κ3) is 3.12. The van der Waals surface area contributed by atoms with Crippen LogP contribution in [0.5, 0.6) is 0 Å². The lowest BCUT2D eigenvalue weighted by Crippen LogP contribution is -2.14. The van der Waals surface area contributed by atoms with Gasteiger partial charge in [0.2, 0.25) is 0 Å². The van der Waals surface area contributed by atoms with E-state index in [1.54, 1.807) is 5.92 Å². The predicted octanol–water partition coefficient (Wildman–Crippen LogP) is 0.622. The molecule has 5 heteroatoms. The van der Waals surface area contributed by atoms with Crippen molar-refractivity contribution < 1.29 is 14.0 Å². The summed E-state index contributed by atoms with van der Waals surface area (Å²) in [5, 5.41) is 3.27. The minimum Gasteiger partial charge on any atom is -0.380 e. The number of nitrogens with two attached hydrogens (primary N) is 1. The van der Waals surface area contributed by atoms with E-state index < -0.39 is 11.8 Å².